The van der Waals surface area contributed by atoms with E-state index in [9.17, 15) is 0 Å². The van der Waals surface area contributed by atoms with E-state index in [4.69, 9.17) is 11.6 Å². The zero-order valence-electron chi connectivity index (χ0n) is 23.5. The Morgan fingerprint density at radius 3 is 1.23 bits per heavy atom. The molecule has 1 atom stereocenters. The van der Waals surface area contributed by atoms with Crippen LogP contribution in [-0.2, 0) is 16.2 Å². The van der Waals surface area contributed by atoms with Crippen molar-refractivity contribution in [1.29, 1.82) is 0 Å². The Kier molecular flexibility index (Phi) is 10.4. The summed E-state index contributed by atoms with van der Waals surface area (Å²) in [6, 6.07) is 4.97. The molecule has 1 aromatic rings. The van der Waals surface area contributed by atoms with Gasteiger partial charge in [0.05, 0.1) is 5.30 Å². The van der Waals surface area contributed by atoms with Gasteiger partial charge < -0.3 is 11.6 Å². The van der Waals surface area contributed by atoms with Crippen LogP contribution in [0.2, 0.25) is 39.3 Å². The molecule has 0 N–H and O–H groups in total. The van der Waals surface area contributed by atoms with E-state index < -0.39 is 23.7 Å². The van der Waals surface area contributed by atoms with Crippen molar-refractivity contribution < 1.29 is 18.9 Å². The van der Waals surface area contributed by atoms with Crippen LogP contribution >= 0.6 is 19.1 Å². The summed E-state index contributed by atoms with van der Waals surface area (Å²) in [4.78, 5) is 1.78. The third kappa shape index (κ3) is 7.87. The van der Waals surface area contributed by atoms with E-state index >= 15 is 0 Å². The maximum Gasteiger partial charge on any atom is 1.00 e. The molecule has 172 valence electrons. The van der Waals surface area contributed by atoms with Gasteiger partial charge in [-0.2, -0.15) is 5.26 Å². The summed E-state index contributed by atoms with van der Waals surface area (Å²) in [5.41, 5.74) is 4.57. The number of halogens is 1. The van der Waals surface area contributed by atoms with Gasteiger partial charge in [-0.3, -0.25) is 0 Å². The fourth-order valence-electron chi connectivity index (χ4n) is 4.44. The van der Waals surface area contributed by atoms with Gasteiger partial charge in [-0.15, -0.1) is 4.91 Å². The van der Waals surface area contributed by atoms with E-state index in [-0.39, 0.29) is 35.1 Å². The predicted molar refractivity (Wildman–Crippen MR) is 150 cm³/mol. The van der Waals surface area contributed by atoms with Crippen molar-refractivity contribution in [3.8, 4) is 0 Å². The zero-order valence-corrected chi connectivity index (χ0v) is 27.1. The number of hydrogen-bond acceptors (Lipinski definition) is 0. The van der Waals surface area contributed by atoms with Crippen LogP contribution in [0.3, 0.4) is 0 Å². The molecule has 0 fully saturated rings. The molecule has 0 spiro atoms. The number of rotatable bonds is 4. The molecule has 1 unspecified atom stereocenters. The largest absolute Gasteiger partial charge is 1.00 e. The average molecular weight is 489 g/mol. The minimum atomic E-state index is -1.54. The smallest absolute Gasteiger partial charge is 0.305 e. The number of hydrogen-bond donors (Lipinski definition) is 0. The molecular formula is C26H47ClLiPSi2. The minimum absolute atomic E-state index is 0. The molecule has 1 rings (SSSR count). The van der Waals surface area contributed by atoms with E-state index in [2.05, 4.69) is 119 Å². The van der Waals surface area contributed by atoms with Crippen LogP contribution in [0.25, 0.3) is 0 Å². The summed E-state index contributed by atoms with van der Waals surface area (Å²) in [7, 11) is -3.84. The fourth-order valence-corrected chi connectivity index (χ4v) is 22.4. The SMILES string of the molecule is CC(C)(C)c1cc(C(C)(C)C)c([P+](=[C-]Cl)[C-]([Si](C)(C)C)[Si](C)(C)C)c(C(C)(C)C)c1.[Li+]. The summed E-state index contributed by atoms with van der Waals surface area (Å²) in [6.07, 6.45) is 0. The van der Waals surface area contributed by atoms with Crippen LogP contribution in [-0.4, -0.2) is 21.4 Å². The third-order valence-corrected chi connectivity index (χ3v) is 20.3. The van der Waals surface area contributed by atoms with Crippen LogP contribution in [0.1, 0.15) is 79.0 Å². The Morgan fingerprint density at radius 2 is 1.03 bits per heavy atom. The topological polar surface area (TPSA) is 0 Å². The summed E-state index contributed by atoms with van der Waals surface area (Å²) in [5.74, 6) is 0. The summed E-state index contributed by atoms with van der Waals surface area (Å²) >= 11 is 6.69. The van der Waals surface area contributed by atoms with Gasteiger partial charge in [0.15, 0.2) is 0 Å². The van der Waals surface area contributed by atoms with Gasteiger partial charge >= 0.3 is 18.9 Å². The van der Waals surface area contributed by atoms with Crippen LogP contribution in [0.15, 0.2) is 12.1 Å². The van der Waals surface area contributed by atoms with Crippen molar-refractivity contribution >= 4 is 45.9 Å². The first-order chi connectivity index (χ1) is 13.0. The fraction of sp³-hybridized carbons (Fsp3) is 0.692. The van der Waals surface area contributed by atoms with Crippen LogP contribution in [0, 0.1) is 4.91 Å². The maximum absolute atomic E-state index is 6.69. The molecule has 0 heterocycles. The van der Waals surface area contributed by atoms with Crippen molar-refractivity contribution in [2.75, 3.05) is 0 Å². The van der Waals surface area contributed by atoms with E-state index in [1.807, 2.05) is 0 Å². The summed E-state index contributed by atoms with van der Waals surface area (Å²) < 4.78 is 0. The van der Waals surface area contributed by atoms with Gasteiger partial charge in [0, 0.05) is 11.1 Å². The van der Waals surface area contributed by atoms with Crippen LogP contribution in [0.4, 0.5) is 0 Å². The molecule has 0 bridgehead atoms. The molecule has 0 amide bonds. The maximum atomic E-state index is 6.69. The van der Waals surface area contributed by atoms with Gasteiger partial charge in [0.1, 0.15) is 0 Å². The standard InChI is InChI=1S/C26H47ClPSi2.Li/c1-24(2,3)19-16-20(25(4,5)6)22(21(17-19)26(7,8)9)28(18-27)23(29(10,11)12)30(13,14)15;/h16-17H,1-15H3;/q-1;+1. The van der Waals surface area contributed by atoms with Crippen LogP contribution in [0.5, 0.6) is 0 Å². The second kappa shape index (κ2) is 10.1. The van der Waals surface area contributed by atoms with Crippen molar-refractivity contribution in [3.05, 3.63) is 33.7 Å². The van der Waals surface area contributed by atoms with E-state index in [0.717, 1.165) is 0 Å². The van der Waals surface area contributed by atoms with Gasteiger partial charge in [0.25, 0.3) is 0 Å². The molecule has 0 aliphatic carbocycles. The van der Waals surface area contributed by atoms with Gasteiger partial charge in [-0.05, 0) is 21.8 Å². The molecule has 0 nitrogen and oxygen atoms in total. The minimum Gasteiger partial charge on any atom is -0.305 e. The molecular weight excluding hydrogens is 442 g/mol. The molecule has 31 heavy (non-hydrogen) atoms. The van der Waals surface area contributed by atoms with Crippen molar-refractivity contribution in [2.24, 2.45) is 0 Å². The van der Waals surface area contributed by atoms with Gasteiger partial charge in [0.2, 0.25) is 0 Å². The number of benzene rings is 1. The molecule has 0 aliphatic heterocycles. The first kappa shape index (κ1) is 31.7. The molecule has 0 radical (unpaired) electrons. The van der Waals surface area contributed by atoms with Crippen molar-refractivity contribution in [3.63, 3.8) is 0 Å². The Morgan fingerprint density at radius 1 is 0.710 bits per heavy atom. The molecule has 1 aromatic carbocycles. The van der Waals surface area contributed by atoms with Crippen molar-refractivity contribution in [1.82, 2.24) is 0 Å². The first-order valence-corrected chi connectivity index (χ1v) is 20.0. The summed E-state index contributed by atoms with van der Waals surface area (Å²) in [5, 5.41) is 4.88. The molecule has 0 aromatic heterocycles. The Balaban J connectivity index is 0.00000900. The van der Waals surface area contributed by atoms with Gasteiger partial charge in [-0.25, -0.2) is 7.55 Å². The predicted octanol–water partition coefficient (Wildman–Crippen LogP) is 5.85. The first-order valence-electron chi connectivity index (χ1n) is 11.3. The normalized spacial score (nSPS) is 14.7. The Labute approximate surface area is 215 Å². The Bertz CT molecular complexity index is 746. The Hall–Kier alpha value is 0.711. The molecule has 0 saturated carbocycles. The zero-order chi connectivity index (χ0) is 24.1. The average Bonchev–Trinajstić information content (AvgIpc) is 2.45. The van der Waals surface area contributed by atoms with Crippen molar-refractivity contribution in [2.45, 2.75) is 118 Å². The second-order valence-electron chi connectivity index (χ2n) is 13.9. The molecule has 0 saturated heterocycles. The quantitative estimate of drug-likeness (QED) is 0.283. The second-order valence-corrected chi connectivity index (χ2v) is 27.5. The molecule has 5 heteroatoms. The summed E-state index contributed by atoms with van der Waals surface area (Å²) in [6.45, 7) is 36.1. The van der Waals surface area contributed by atoms with E-state index in [0.29, 0.717) is 0 Å². The van der Waals surface area contributed by atoms with E-state index in [1.54, 1.807) is 4.91 Å². The third-order valence-electron chi connectivity index (χ3n) is 5.54. The monoisotopic (exact) mass is 488 g/mol. The van der Waals surface area contributed by atoms with Gasteiger partial charge in [-0.1, -0.05) is 130 Å². The van der Waals surface area contributed by atoms with E-state index in [1.165, 1.54) is 22.0 Å². The molecule has 0 aliphatic rings. The van der Waals surface area contributed by atoms with Crippen LogP contribution < -0.4 is 24.2 Å².